The molecule has 0 aromatic carbocycles. The quantitative estimate of drug-likeness (QED) is 0.642. The van der Waals surface area contributed by atoms with E-state index >= 15 is 0 Å². The number of thiol groups is 1. The minimum Gasteiger partial charge on any atom is -0.297 e. The first-order valence-corrected chi connectivity index (χ1v) is 4.90. The molecule has 0 heterocycles. The molecule has 68 valence electrons. The van der Waals surface area contributed by atoms with Gasteiger partial charge in [0.1, 0.15) is 0 Å². The molecule has 0 saturated heterocycles. The fraction of sp³-hybridized carbons (Fsp3) is 1.00. The fourth-order valence-electron chi connectivity index (χ4n) is 1.32. The van der Waals surface area contributed by atoms with Gasteiger partial charge in [-0.1, -0.05) is 6.92 Å². The number of hydrogen-bond donors (Lipinski definition) is 1. The molecule has 0 aliphatic heterocycles. The van der Waals surface area contributed by atoms with Crippen LogP contribution in [-0.4, -0.2) is 28.8 Å². The Hall–Kier alpha value is 0.310. The first-order valence-electron chi connectivity index (χ1n) is 4.39. The second-order valence-electron chi connectivity index (χ2n) is 3.73. The standard InChI is InChI=1S/C9H21NS/c1-7(2)10(8(3)4)6-9(5)11/h7-9,11H,6H2,1-5H3/t9-/m0/s1. The van der Waals surface area contributed by atoms with Crippen molar-refractivity contribution in [3.05, 3.63) is 0 Å². The fourth-order valence-corrected chi connectivity index (χ4v) is 1.51. The molecule has 0 aromatic heterocycles. The lowest BCUT2D eigenvalue weighted by atomic mass is 10.2. The predicted molar refractivity (Wildman–Crippen MR) is 55.4 cm³/mol. The van der Waals surface area contributed by atoms with Crippen LogP contribution in [0.15, 0.2) is 0 Å². The highest BCUT2D eigenvalue weighted by Crippen LogP contribution is 2.07. The van der Waals surface area contributed by atoms with E-state index in [1.165, 1.54) is 0 Å². The topological polar surface area (TPSA) is 3.24 Å². The van der Waals surface area contributed by atoms with Gasteiger partial charge in [0.25, 0.3) is 0 Å². The van der Waals surface area contributed by atoms with E-state index in [-0.39, 0.29) is 0 Å². The Kier molecular flexibility index (Phi) is 5.19. The number of nitrogens with zero attached hydrogens (tertiary/aromatic N) is 1. The summed E-state index contributed by atoms with van der Waals surface area (Å²) in [5, 5.41) is 0.472. The molecule has 1 atom stereocenters. The van der Waals surface area contributed by atoms with Crippen molar-refractivity contribution in [2.75, 3.05) is 6.54 Å². The van der Waals surface area contributed by atoms with Gasteiger partial charge in [0.15, 0.2) is 0 Å². The van der Waals surface area contributed by atoms with Crippen LogP contribution in [0.1, 0.15) is 34.6 Å². The highest BCUT2D eigenvalue weighted by molar-refractivity contribution is 7.80. The van der Waals surface area contributed by atoms with Crippen LogP contribution >= 0.6 is 12.6 Å². The van der Waals surface area contributed by atoms with Crippen LogP contribution in [0.2, 0.25) is 0 Å². The Morgan fingerprint density at radius 2 is 1.36 bits per heavy atom. The molecule has 0 saturated carbocycles. The van der Waals surface area contributed by atoms with Crippen molar-refractivity contribution >= 4 is 12.6 Å². The van der Waals surface area contributed by atoms with Gasteiger partial charge in [0.05, 0.1) is 0 Å². The van der Waals surface area contributed by atoms with Crippen LogP contribution in [0.25, 0.3) is 0 Å². The van der Waals surface area contributed by atoms with Crippen molar-refractivity contribution < 1.29 is 0 Å². The summed E-state index contributed by atoms with van der Waals surface area (Å²) in [6, 6.07) is 1.26. The maximum atomic E-state index is 4.38. The van der Waals surface area contributed by atoms with Crippen LogP contribution < -0.4 is 0 Å². The van der Waals surface area contributed by atoms with Gasteiger partial charge in [-0.25, -0.2) is 0 Å². The molecule has 0 aromatic rings. The van der Waals surface area contributed by atoms with E-state index in [0.717, 1.165) is 6.54 Å². The largest absolute Gasteiger partial charge is 0.297 e. The molecule has 0 spiro atoms. The molecular formula is C9H21NS. The maximum absolute atomic E-state index is 4.38. The summed E-state index contributed by atoms with van der Waals surface area (Å²) >= 11 is 4.38. The van der Waals surface area contributed by atoms with Crippen molar-refractivity contribution in [3.8, 4) is 0 Å². The molecule has 0 rings (SSSR count). The summed E-state index contributed by atoms with van der Waals surface area (Å²) in [6.07, 6.45) is 0. The van der Waals surface area contributed by atoms with E-state index < -0.39 is 0 Å². The Morgan fingerprint density at radius 3 is 1.45 bits per heavy atom. The molecule has 0 radical (unpaired) electrons. The average Bonchev–Trinajstić information content (AvgIpc) is 1.81. The number of rotatable bonds is 4. The van der Waals surface area contributed by atoms with Crippen LogP contribution in [0.5, 0.6) is 0 Å². The van der Waals surface area contributed by atoms with Gasteiger partial charge in [-0.2, -0.15) is 12.6 Å². The van der Waals surface area contributed by atoms with Crippen molar-refractivity contribution in [1.82, 2.24) is 4.90 Å². The van der Waals surface area contributed by atoms with Gasteiger partial charge in [0.2, 0.25) is 0 Å². The van der Waals surface area contributed by atoms with E-state index in [9.17, 15) is 0 Å². The van der Waals surface area contributed by atoms with Gasteiger partial charge >= 0.3 is 0 Å². The van der Waals surface area contributed by atoms with E-state index in [0.29, 0.717) is 17.3 Å². The second-order valence-corrected chi connectivity index (χ2v) is 4.61. The van der Waals surface area contributed by atoms with Gasteiger partial charge in [-0.3, -0.25) is 4.90 Å². The molecule has 0 amide bonds. The van der Waals surface area contributed by atoms with E-state index in [1.54, 1.807) is 0 Å². The number of hydrogen-bond acceptors (Lipinski definition) is 2. The molecule has 11 heavy (non-hydrogen) atoms. The van der Waals surface area contributed by atoms with E-state index in [1.807, 2.05) is 0 Å². The Bertz CT molecular complexity index is 91.7. The van der Waals surface area contributed by atoms with Gasteiger partial charge in [-0.15, -0.1) is 0 Å². The van der Waals surface area contributed by atoms with Crippen LogP contribution in [-0.2, 0) is 0 Å². The summed E-state index contributed by atoms with van der Waals surface area (Å²) in [6.45, 7) is 12.2. The summed E-state index contributed by atoms with van der Waals surface area (Å²) in [5.41, 5.74) is 0. The van der Waals surface area contributed by atoms with Gasteiger partial charge in [-0.05, 0) is 27.7 Å². The second kappa shape index (κ2) is 5.04. The summed E-state index contributed by atoms with van der Waals surface area (Å²) in [7, 11) is 0. The van der Waals surface area contributed by atoms with Gasteiger partial charge in [0, 0.05) is 23.9 Å². The SMILES string of the molecule is CC(C)N(C[C@H](C)S)C(C)C. The lowest BCUT2D eigenvalue weighted by molar-refractivity contribution is 0.178. The minimum atomic E-state index is 0.472. The third-order valence-corrected chi connectivity index (χ3v) is 1.96. The first kappa shape index (κ1) is 11.3. The smallest absolute Gasteiger partial charge is 0.0116 e. The minimum absolute atomic E-state index is 0.472. The van der Waals surface area contributed by atoms with Crippen molar-refractivity contribution in [1.29, 1.82) is 0 Å². The average molecular weight is 175 g/mol. The molecule has 1 nitrogen and oxygen atoms in total. The van der Waals surface area contributed by atoms with Crippen LogP contribution in [0.4, 0.5) is 0 Å². The van der Waals surface area contributed by atoms with Gasteiger partial charge < -0.3 is 0 Å². The maximum Gasteiger partial charge on any atom is 0.0116 e. The molecule has 0 fully saturated rings. The van der Waals surface area contributed by atoms with Crippen LogP contribution in [0, 0.1) is 0 Å². The molecule has 2 heteroatoms. The van der Waals surface area contributed by atoms with Crippen molar-refractivity contribution in [3.63, 3.8) is 0 Å². The van der Waals surface area contributed by atoms with Crippen molar-refractivity contribution in [2.24, 2.45) is 0 Å². The van der Waals surface area contributed by atoms with E-state index in [4.69, 9.17) is 0 Å². The lowest BCUT2D eigenvalue weighted by Gasteiger charge is -2.31. The summed E-state index contributed by atoms with van der Waals surface area (Å²) < 4.78 is 0. The van der Waals surface area contributed by atoms with E-state index in [2.05, 4.69) is 52.1 Å². The molecular weight excluding hydrogens is 154 g/mol. The normalized spacial score (nSPS) is 15.0. The molecule has 0 bridgehead atoms. The van der Waals surface area contributed by atoms with Crippen molar-refractivity contribution in [2.45, 2.75) is 52.0 Å². The highest BCUT2D eigenvalue weighted by Gasteiger charge is 2.13. The Labute approximate surface area is 76.6 Å². The molecule has 0 unspecified atom stereocenters. The van der Waals surface area contributed by atoms with Crippen LogP contribution in [0.3, 0.4) is 0 Å². The lowest BCUT2D eigenvalue weighted by Crippen LogP contribution is -2.40. The highest BCUT2D eigenvalue weighted by atomic mass is 32.1. The third-order valence-electron chi connectivity index (χ3n) is 1.80. The zero-order valence-electron chi connectivity index (χ0n) is 8.33. The summed E-state index contributed by atoms with van der Waals surface area (Å²) in [4.78, 5) is 2.46. The first-order chi connectivity index (χ1) is 4.95. The zero-order chi connectivity index (χ0) is 9.02. The predicted octanol–water partition coefficient (Wildman–Crippen LogP) is 2.42. The molecule has 0 aliphatic carbocycles. The molecule has 0 N–H and O–H groups in total. The monoisotopic (exact) mass is 175 g/mol. The zero-order valence-corrected chi connectivity index (χ0v) is 9.23. The Balaban J connectivity index is 3.90. The molecule has 0 aliphatic rings. The Morgan fingerprint density at radius 1 is 1.00 bits per heavy atom. The summed E-state index contributed by atoms with van der Waals surface area (Å²) in [5.74, 6) is 0. The third kappa shape index (κ3) is 4.70.